The zero-order valence-electron chi connectivity index (χ0n) is 10.4. The quantitative estimate of drug-likeness (QED) is 0.602. The monoisotopic (exact) mass is 356 g/mol. The summed E-state index contributed by atoms with van der Waals surface area (Å²) in [6.07, 6.45) is 1.47. The molecule has 0 aliphatic rings. The van der Waals surface area contributed by atoms with E-state index >= 15 is 0 Å². The summed E-state index contributed by atoms with van der Waals surface area (Å²) < 4.78 is 0.583. The first-order valence-electron chi connectivity index (χ1n) is 5.63. The third-order valence-corrected chi connectivity index (χ3v) is 4.15. The molecule has 0 spiro atoms. The largest absolute Gasteiger partial charge is 0.320 e. The zero-order valence-corrected chi connectivity index (χ0v) is 13.4. The number of halogens is 3. The van der Waals surface area contributed by atoms with Crippen molar-refractivity contribution in [2.75, 3.05) is 5.32 Å². The van der Waals surface area contributed by atoms with Gasteiger partial charge in [-0.3, -0.25) is 4.79 Å². The molecule has 0 bridgehead atoms. The molecular weight excluding hydrogens is 351 g/mol. The molecule has 21 heavy (non-hydrogen) atoms. The van der Waals surface area contributed by atoms with Crippen LogP contribution < -0.4 is 5.32 Å². The molecule has 1 heterocycles. The van der Waals surface area contributed by atoms with Crippen LogP contribution in [0.2, 0.25) is 14.4 Å². The van der Waals surface area contributed by atoms with E-state index in [9.17, 15) is 4.79 Å². The summed E-state index contributed by atoms with van der Waals surface area (Å²) in [5.74, 6) is -0.550. The fourth-order valence-corrected chi connectivity index (χ4v) is 2.94. The normalized spacial score (nSPS) is 11.0. The number of benzene rings is 1. The van der Waals surface area contributed by atoms with E-state index in [0.717, 1.165) is 0 Å². The van der Waals surface area contributed by atoms with E-state index in [1.165, 1.54) is 23.5 Å². The first kappa shape index (κ1) is 15.9. The van der Waals surface area contributed by atoms with Crippen molar-refractivity contribution in [1.82, 2.24) is 0 Å². The van der Waals surface area contributed by atoms with E-state index in [-0.39, 0.29) is 5.57 Å². The molecule has 0 aliphatic carbocycles. The van der Waals surface area contributed by atoms with Gasteiger partial charge in [-0.1, -0.05) is 34.8 Å². The standard InChI is InChI=1S/C14H7Cl3N2OS/c15-9-1-3-12(11(16)6-9)19-14(20)8(7-18)5-10-2-4-13(17)21-10/h1-6H,(H,19,20). The van der Waals surface area contributed by atoms with Crippen molar-refractivity contribution in [2.24, 2.45) is 0 Å². The molecule has 0 fully saturated rings. The SMILES string of the molecule is N#CC(=Cc1ccc(Cl)s1)C(=O)Nc1ccc(Cl)cc1Cl. The van der Waals surface area contributed by atoms with Gasteiger partial charge in [0.05, 0.1) is 15.0 Å². The molecule has 0 radical (unpaired) electrons. The highest BCUT2D eigenvalue weighted by molar-refractivity contribution is 7.17. The average Bonchev–Trinajstić information content (AvgIpc) is 2.84. The van der Waals surface area contributed by atoms with Crippen LogP contribution in [-0.2, 0) is 4.79 Å². The Hall–Kier alpha value is -1.51. The number of hydrogen-bond donors (Lipinski definition) is 1. The van der Waals surface area contributed by atoms with Gasteiger partial charge >= 0.3 is 0 Å². The van der Waals surface area contributed by atoms with Gasteiger partial charge in [-0.15, -0.1) is 11.3 Å². The minimum atomic E-state index is -0.550. The van der Waals surface area contributed by atoms with E-state index in [1.54, 1.807) is 24.3 Å². The molecule has 1 aromatic carbocycles. The third kappa shape index (κ3) is 4.23. The van der Waals surface area contributed by atoms with Crippen molar-refractivity contribution in [3.63, 3.8) is 0 Å². The van der Waals surface area contributed by atoms with Crippen molar-refractivity contribution in [3.8, 4) is 6.07 Å². The minimum Gasteiger partial charge on any atom is -0.320 e. The number of carbonyl (C=O) groups excluding carboxylic acids is 1. The van der Waals surface area contributed by atoms with Gasteiger partial charge < -0.3 is 5.32 Å². The topological polar surface area (TPSA) is 52.9 Å². The first-order chi connectivity index (χ1) is 9.99. The Morgan fingerprint density at radius 1 is 1.24 bits per heavy atom. The van der Waals surface area contributed by atoms with Gasteiger partial charge in [0.25, 0.3) is 5.91 Å². The van der Waals surface area contributed by atoms with Gasteiger partial charge in [0.15, 0.2) is 0 Å². The summed E-state index contributed by atoms with van der Waals surface area (Å²) in [5, 5.41) is 12.4. The molecule has 0 unspecified atom stereocenters. The maximum atomic E-state index is 12.1. The predicted molar refractivity (Wildman–Crippen MR) is 88.0 cm³/mol. The molecule has 106 valence electrons. The Morgan fingerprint density at radius 3 is 2.57 bits per heavy atom. The molecule has 0 saturated carbocycles. The third-order valence-electron chi connectivity index (χ3n) is 2.42. The molecule has 7 heteroatoms. The number of nitrogens with one attached hydrogen (secondary N) is 1. The number of anilines is 1. The van der Waals surface area contributed by atoms with Gasteiger partial charge in [-0.2, -0.15) is 5.26 Å². The van der Waals surface area contributed by atoms with E-state index in [4.69, 9.17) is 40.1 Å². The lowest BCUT2D eigenvalue weighted by Gasteiger charge is -2.06. The number of amides is 1. The molecule has 2 aromatic rings. The van der Waals surface area contributed by atoms with Crippen LogP contribution in [0.5, 0.6) is 0 Å². The maximum absolute atomic E-state index is 12.1. The number of nitrogens with zero attached hydrogens (tertiary/aromatic N) is 1. The Balaban J connectivity index is 2.21. The van der Waals surface area contributed by atoms with E-state index in [2.05, 4.69) is 5.32 Å². The van der Waals surface area contributed by atoms with Gasteiger partial charge in [0.2, 0.25) is 0 Å². The molecule has 1 amide bonds. The second-order valence-corrected chi connectivity index (χ2v) is 6.48. The molecule has 2 rings (SSSR count). The fourth-order valence-electron chi connectivity index (χ4n) is 1.48. The van der Waals surface area contributed by atoms with Gasteiger partial charge in [0.1, 0.15) is 11.6 Å². The van der Waals surface area contributed by atoms with Crippen LogP contribution in [0.3, 0.4) is 0 Å². The highest BCUT2D eigenvalue weighted by Gasteiger charge is 2.12. The van der Waals surface area contributed by atoms with Crippen LogP contribution in [0, 0.1) is 11.3 Å². The number of rotatable bonds is 3. The second kappa shape index (κ2) is 6.97. The number of nitriles is 1. The lowest BCUT2D eigenvalue weighted by Crippen LogP contribution is -2.13. The smallest absolute Gasteiger partial charge is 0.266 e. The van der Waals surface area contributed by atoms with Crippen LogP contribution in [-0.4, -0.2) is 5.91 Å². The van der Waals surface area contributed by atoms with Crippen molar-refractivity contribution in [2.45, 2.75) is 0 Å². The Kier molecular flexibility index (Phi) is 5.27. The summed E-state index contributed by atoms with van der Waals surface area (Å²) >= 11 is 18.8. The Morgan fingerprint density at radius 2 is 2.00 bits per heavy atom. The molecule has 0 saturated heterocycles. The van der Waals surface area contributed by atoms with Crippen LogP contribution in [0.25, 0.3) is 6.08 Å². The van der Waals surface area contributed by atoms with Gasteiger partial charge in [0, 0.05) is 9.90 Å². The van der Waals surface area contributed by atoms with Crippen molar-refractivity contribution >= 4 is 63.8 Å². The lowest BCUT2D eigenvalue weighted by molar-refractivity contribution is -0.112. The minimum absolute atomic E-state index is 0.0421. The van der Waals surface area contributed by atoms with Crippen LogP contribution in [0.4, 0.5) is 5.69 Å². The first-order valence-corrected chi connectivity index (χ1v) is 7.58. The number of thiophene rings is 1. The van der Waals surface area contributed by atoms with E-state index in [0.29, 0.717) is 24.9 Å². The van der Waals surface area contributed by atoms with Crippen LogP contribution >= 0.6 is 46.1 Å². The summed E-state index contributed by atoms with van der Waals surface area (Å²) in [6, 6.07) is 9.95. The van der Waals surface area contributed by atoms with Gasteiger partial charge in [-0.25, -0.2) is 0 Å². The van der Waals surface area contributed by atoms with E-state index in [1.807, 2.05) is 6.07 Å². The highest BCUT2D eigenvalue weighted by atomic mass is 35.5. The lowest BCUT2D eigenvalue weighted by atomic mass is 10.2. The molecular formula is C14H7Cl3N2OS. The fraction of sp³-hybridized carbons (Fsp3) is 0. The summed E-state index contributed by atoms with van der Waals surface area (Å²) in [7, 11) is 0. The van der Waals surface area contributed by atoms with Crippen LogP contribution in [0.15, 0.2) is 35.9 Å². The zero-order chi connectivity index (χ0) is 15.4. The van der Waals surface area contributed by atoms with E-state index < -0.39 is 5.91 Å². The Bertz CT molecular complexity index is 762. The number of carbonyl (C=O) groups is 1. The molecule has 0 atom stereocenters. The van der Waals surface area contributed by atoms with Crippen molar-refractivity contribution < 1.29 is 4.79 Å². The summed E-state index contributed by atoms with van der Waals surface area (Å²) in [4.78, 5) is 12.8. The second-order valence-electron chi connectivity index (χ2n) is 3.89. The average molecular weight is 358 g/mol. The predicted octanol–water partition coefficient (Wildman–Crippen LogP) is 5.25. The molecule has 1 N–H and O–H groups in total. The number of hydrogen-bond acceptors (Lipinski definition) is 3. The van der Waals surface area contributed by atoms with Crippen molar-refractivity contribution in [3.05, 3.63) is 55.2 Å². The highest BCUT2D eigenvalue weighted by Crippen LogP contribution is 2.27. The molecule has 0 aliphatic heterocycles. The Labute approximate surface area is 140 Å². The maximum Gasteiger partial charge on any atom is 0.266 e. The summed E-state index contributed by atoms with van der Waals surface area (Å²) in [5.41, 5.74) is 0.343. The molecule has 3 nitrogen and oxygen atoms in total. The van der Waals surface area contributed by atoms with Gasteiger partial charge in [-0.05, 0) is 36.4 Å². The summed E-state index contributed by atoms with van der Waals surface area (Å²) in [6.45, 7) is 0. The van der Waals surface area contributed by atoms with Crippen molar-refractivity contribution in [1.29, 1.82) is 5.26 Å². The molecule has 1 aromatic heterocycles. The van der Waals surface area contributed by atoms with Crippen LogP contribution in [0.1, 0.15) is 4.88 Å².